The Hall–Kier alpha value is -0.540. The second-order valence-electron chi connectivity index (χ2n) is 6.58. The molecule has 2 fully saturated rings. The van der Waals surface area contributed by atoms with Crippen LogP contribution in [0, 0.1) is 6.92 Å². The Labute approximate surface area is 137 Å². The van der Waals surface area contributed by atoms with Crippen molar-refractivity contribution in [2.24, 2.45) is 0 Å². The van der Waals surface area contributed by atoms with E-state index >= 15 is 0 Å². The minimum atomic E-state index is 0.833. The van der Waals surface area contributed by atoms with Gasteiger partial charge in [-0.3, -0.25) is 0 Å². The molecule has 3 rings (SSSR count). The number of hydrogen-bond donors (Lipinski definition) is 0. The topological polar surface area (TPSA) is 6.48 Å². The van der Waals surface area contributed by atoms with Crippen LogP contribution in [0.1, 0.15) is 43.2 Å². The van der Waals surface area contributed by atoms with Crippen molar-refractivity contribution >= 4 is 21.6 Å². The second kappa shape index (κ2) is 7.15. The highest BCUT2D eigenvalue weighted by Crippen LogP contribution is 2.29. The summed E-state index contributed by atoms with van der Waals surface area (Å²) in [5.41, 5.74) is 4.23. The lowest BCUT2D eigenvalue weighted by Gasteiger charge is -2.41. The minimum Gasteiger partial charge on any atom is -0.371 e. The average Bonchev–Trinajstić information content (AvgIpc) is 2.56. The van der Waals surface area contributed by atoms with Gasteiger partial charge in [0.05, 0.1) is 0 Å². The first-order chi connectivity index (χ1) is 10.3. The summed E-state index contributed by atoms with van der Waals surface area (Å²) in [6, 6.07) is 7.71. The number of nitrogens with zero attached hydrogens (tertiary/aromatic N) is 2. The number of benzene rings is 1. The van der Waals surface area contributed by atoms with Gasteiger partial charge in [-0.1, -0.05) is 40.0 Å². The lowest BCUT2D eigenvalue weighted by molar-refractivity contribution is 0.141. The first kappa shape index (κ1) is 15.4. The molecule has 0 radical (unpaired) electrons. The molecule has 1 aromatic rings. The Morgan fingerprint density at radius 2 is 1.76 bits per heavy atom. The molecule has 21 heavy (non-hydrogen) atoms. The molecule has 0 unspecified atom stereocenters. The SMILES string of the molecule is Cc1ccc(N2CCC(N3CCCCC3)CC2)c(CBr)c1. The maximum atomic E-state index is 3.65. The highest BCUT2D eigenvalue weighted by molar-refractivity contribution is 9.08. The minimum absolute atomic E-state index is 0.833. The molecule has 1 aromatic carbocycles. The number of aryl methyl sites for hydroxylation is 1. The normalized spacial score (nSPS) is 21.7. The summed E-state index contributed by atoms with van der Waals surface area (Å²) in [5.74, 6) is 0. The van der Waals surface area contributed by atoms with Crippen LogP contribution >= 0.6 is 15.9 Å². The smallest absolute Gasteiger partial charge is 0.0407 e. The monoisotopic (exact) mass is 350 g/mol. The fourth-order valence-corrected chi connectivity index (χ4v) is 4.33. The number of piperidine rings is 2. The van der Waals surface area contributed by atoms with E-state index in [9.17, 15) is 0 Å². The van der Waals surface area contributed by atoms with E-state index in [1.165, 1.54) is 75.1 Å². The third kappa shape index (κ3) is 3.62. The highest BCUT2D eigenvalue weighted by atomic mass is 79.9. The van der Waals surface area contributed by atoms with Gasteiger partial charge >= 0.3 is 0 Å². The van der Waals surface area contributed by atoms with Gasteiger partial charge in [-0.25, -0.2) is 0 Å². The van der Waals surface area contributed by atoms with Crippen molar-refractivity contribution < 1.29 is 0 Å². The molecule has 0 spiro atoms. The summed E-state index contributed by atoms with van der Waals surface area (Å²) in [5, 5.41) is 0.954. The molecule has 0 amide bonds. The average molecular weight is 351 g/mol. The third-order valence-corrected chi connectivity index (χ3v) is 5.70. The van der Waals surface area contributed by atoms with Crippen LogP contribution in [0.5, 0.6) is 0 Å². The molecule has 0 saturated carbocycles. The van der Waals surface area contributed by atoms with E-state index < -0.39 is 0 Å². The molecule has 2 saturated heterocycles. The number of likely N-dealkylation sites (tertiary alicyclic amines) is 1. The van der Waals surface area contributed by atoms with Crippen molar-refractivity contribution in [1.82, 2.24) is 4.90 Å². The molecule has 3 heteroatoms. The summed E-state index contributed by atoms with van der Waals surface area (Å²) in [7, 11) is 0. The molecule has 116 valence electrons. The fourth-order valence-electron chi connectivity index (χ4n) is 3.89. The van der Waals surface area contributed by atoms with Gasteiger partial charge in [-0.05, 0) is 57.3 Å². The molecule has 0 aromatic heterocycles. The quantitative estimate of drug-likeness (QED) is 0.748. The van der Waals surface area contributed by atoms with E-state index in [2.05, 4.69) is 50.9 Å². The van der Waals surface area contributed by atoms with Crippen LogP contribution in [-0.2, 0) is 5.33 Å². The van der Waals surface area contributed by atoms with Crippen LogP contribution in [0.3, 0.4) is 0 Å². The summed E-state index contributed by atoms with van der Waals surface area (Å²) in [6.45, 7) is 7.27. The van der Waals surface area contributed by atoms with E-state index in [0.717, 1.165) is 11.4 Å². The molecular weight excluding hydrogens is 324 g/mol. The molecule has 0 bridgehead atoms. The van der Waals surface area contributed by atoms with Crippen molar-refractivity contribution in [3.05, 3.63) is 29.3 Å². The summed E-state index contributed by atoms with van der Waals surface area (Å²) in [6.07, 6.45) is 6.91. The van der Waals surface area contributed by atoms with Crippen molar-refractivity contribution in [3.63, 3.8) is 0 Å². The Kier molecular flexibility index (Phi) is 5.23. The third-order valence-electron chi connectivity index (χ3n) is 5.09. The largest absolute Gasteiger partial charge is 0.371 e. The van der Waals surface area contributed by atoms with Crippen LogP contribution in [0.25, 0.3) is 0 Å². The molecule has 0 N–H and O–H groups in total. The maximum absolute atomic E-state index is 3.65. The van der Waals surface area contributed by atoms with Crippen molar-refractivity contribution in [2.45, 2.75) is 50.4 Å². The number of rotatable bonds is 3. The van der Waals surface area contributed by atoms with E-state index in [-0.39, 0.29) is 0 Å². The molecule has 2 heterocycles. The van der Waals surface area contributed by atoms with Crippen molar-refractivity contribution in [2.75, 3.05) is 31.1 Å². The zero-order chi connectivity index (χ0) is 14.7. The first-order valence-electron chi connectivity index (χ1n) is 8.42. The molecule has 2 aliphatic rings. The number of halogens is 1. The molecule has 0 atom stereocenters. The van der Waals surface area contributed by atoms with Gasteiger partial charge in [0.1, 0.15) is 0 Å². The number of hydrogen-bond acceptors (Lipinski definition) is 2. The molecular formula is C18H27BrN2. The Balaban J connectivity index is 1.62. The predicted octanol–water partition coefficient (Wildman–Crippen LogP) is 4.34. The standard InChI is InChI=1S/C18H27BrN2/c1-15-5-6-18(16(13-15)14-19)21-11-7-17(8-12-21)20-9-3-2-4-10-20/h5-6,13,17H,2-4,7-12,14H2,1H3. The number of anilines is 1. The lowest BCUT2D eigenvalue weighted by atomic mass is 9.98. The fraction of sp³-hybridized carbons (Fsp3) is 0.667. The highest BCUT2D eigenvalue weighted by Gasteiger charge is 2.26. The summed E-state index contributed by atoms with van der Waals surface area (Å²) < 4.78 is 0. The van der Waals surface area contributed by atoms with Gasteiger partial charge in [0.2, 0.25) is 0 Å². The summed E-state index contributed by atoms with van der Waals surface area (Å²) in [4.78, 5) is 5.35. The van der Waals surface area contributed by atoms with E-state index in [4.69, 9.17) is 0 Å². The zero-order valence-electron chi connectivity index (χ0n) is 13.2. The van der Waals surface area contributed by atoms with E-state index in [0.29, 0.717) is 0 Å². The van der Waals surface area contributed by atoms with Crippen LogP contribution in [0.4, 0.5) is 5.69 Å². The first-order valence-corrected chi connectivity index (χ1v) is 9.54. The molecule has 2 aliphatic heterocycles. The predicted molar refractivity (Wildman–Crippen MR) is 94.5 cm³/mol. The van der Waals surface area contributed by atoms with Gasteiger partial charge in [0.15, 0.2) is 0 Å². The molecule has 2 nitrogen and oxygen atoms in total. The Bertz CT molecular complexity index is 460. The van der Waals surface area contributed by atoms with Gasteiger partial charge in [-0.2, -0.15) is 0 Å². The van der Waals surface area contributed by atoms with Gasteiger partial charge in [-0.15, -0.1) is 0 Å². The van der Waals surface area contributed by atoms with E-state index in [1.54, 1.807) is 0 Å². The van der Waals surface area contributed by atoms with Crippen LogP contribution in [0.2, 0.25) is 0 Å². The Morgan fingerprint density at radius 3 is 2.43 bits per heavy atom. The van der Waals surface area contributed by atoms with Crippen molar-refractivity contribution in [1.29, 1.82) is 0 Å². The van der Waals surface area contributed by atoms with Gasteiger partial charge in [0.25, 0.3) is 0 Å². The summed E-state index contributed by atoms with van der Waals surface area (Å²) >= 11 is 3.65. The van der Waals surface area contributed by atoms with Crippen LogP contribution in [0.15, 0.2) is 18.2 Å². The second-order valence-corrected chi connectivity index (χ2v) is 7.14. The zero-order valence-corrected chi connectivity index (χ0v) is 14.7. The Morgan fingerprint density at radius 1 is 1.05 bits per heavy atom. The molecule has 0 aliphatic carbocycles. The lowest BCUT2D eigenvalue weighted by Crippen LogP contribution is -2.46. The number of alkyl halides is 1. The van der Waals surface area contributed by atoms with Gasteiger partial charge < -0.3 is 9.80 Å². The van der Waals surface area contributed by atoms with Crippen LogP contribution in [-0.4, -0.2) is 37.1 Å². The van der Waals surface area contributed by atoms with Crippen LogP contribution < -0.4 is 4.90 Å². The maximum Gasteiger partial charge on any atom is 0.0407 e. The van der Waals surface area contributed by atoms with Crippen molar-refractivity contribution in [3.8, 4) is 0 Å². The van der Waals surface area contributed by atoms with E-state index in [1.807, 2.05) is 0 Å². The van der Waals surface area contributed by atoms with Gasteiger partial charge in [0, 0.05) is 30.1 Å².